The second kappa shape index (κ2) is 2.92. The minimum atomic E-state index is -1.25. The van der Waals surface area contributed by atoms with Gasteiger partial charge in [-0.25, -0.2) is 14.2 Å². The maximum atomic E-state index is 12.7. The van der Waals surface area contributed by atoms with Gasteiger partial charge in [0.15, 0.2) is 6.17 Å². The fourth-order valence-electron chi connectivity index (χ4n) is 0.992. The highest BCUT2D eigenvalue weighted by atomic mass is 19.1. The molecule has 1 aromatic rings. The Morgan fingerprint density at radius 1 is 1.83 bits per heavy atom. The Hall–Kier alpha value is -1.39. The first-order valence-electron chi connectivity index (χ1n) is 3.43. The lowest BCUT2D eigenvalue weighted by atomic mass is 10.4. The van der Waals surface area contributed by atoms with Gasteiger partial charge < -0.3 is 9.67 Å². The predicted molar refractivity (Wildman–Crippen MR) is 39.7 cm³/mol. The van der Waals surface area contributed by atoms with E-state index in [2.05, 4.69) is 4.98 Å². The van der Waals surface area contributed by atoms with Crippen LogP contribution in [0.1, 0.15) is 29.4 Å². The van der Waals surface area contributed by atoms with Crippen LogP contribution in [0.5, 0.6) is 0 Å². The zero-order chi connectivity index (χ0) is 9.30. The van der Waals surface area contributed by atoms with E-state index < -0.39 is 12.1 Å². The van der Waals surface area contributed by atoms with Crippen molar-refractivity contribution in [2.24, 2.45) is 7.05 Å². The molecular weight excluding hydrogens is 163 g/mol. The highest BCUT2D eigenvalue weighted by Gasteiger charge is 2.15. The molecule has 1 heterocycles. The standard InChI is InChI=1S/C7H9FN2O2/c1-4(8)6-9-3-5(7(11)12)10(6)2/h3-4H,1-2H3,(H,11,12). The van der Waals surface area contributed by atoms with E-state index in [1.54, 1.807) is 0 Å². The molecule has 1 N–H and O–H groups in total. The van der Waals surface area contributed by atoms with Crippen molar-refractivity contribution in [1.29, 1.82) is 0 Å². The Kier molecular flexibility index (Phi) is 2.12. The van der Waals surface area contributed by atoms with Crippen LogP contribution in [0.2, 0.25) is 0 Å². The zero-order valence-electron chi connectivity index (χ0n) is 6.78. The van der Waals surface area contributed by atoms with E-state index in [0.717, 1.165) is 6.20 Å². The number of carboxylic acids is 1. The van der Waals surface area contributed by atoms with E-state index in [-0.39, 0.29) is 11.5 Å². The maximum Gasteiger partial charge on any atom is 0.354 e. The normalized spacial score (nSPS) is 12.9. The van der Waals surface area contributed by atoms with Gasteiger partial charge in [-0.1, -0.05) is 0 Å². The van der Waals surface area contributed by atoms with Crippen LogP contribution in [0.4, 0.5) is 4.39 Å². The van der Waals surface area contributed by atoms with Crippen LogP contribution in [0.25, 0.3) is 0 Å². The van der Waals surface area contributed by atoms with Gasteiger partial charge in [0, 0.05) is 7.05 Å². The summed E-state index contributed by atoms with van der Waals surface area (Å²) in [7, 11) is 1.47. The number of rotatable bonds is 2. The van der Waals surface area contributed by atoms with Crippen LogP contribution in [0.3, 0.4) is 0 Å². The van der Waals surface area contributed by atoms with Gasteiger partial charge in [0.2, 0.25) is 0 Å². The van der Waals surface area contributed by atoms with Crippen LogP contribution in [-0.4, -0.2) is 20.6 Å². The molecule has 0 saturated carbocycles. The van der Waals surface area contributed by atoms with Crippen LogP contribution in [-0.2, 0) is 7.05 Å². The molecule has 1 aromatic heterocycles. The van der Waals surface area contributed by atoms with Crippen LogP contribution in [0.15, 0.2) is 6.20 Å². The van der Waals surface area contributed by atoms with Crippen molar-refractivity contribution >= 4 is 5.97 Å². The molecule has 0 aliphatic rings. The largest absolute Gasteiger partial charge is 0.477 e. The summed E-state index contributed by atoms with van der Waals surface area (Å²) >= 11 is 0. The van der Waals surface area contributed by atoms with Crippen LogP contribution >= 0.6 is 0 Å². The molecule has 0 aliphatic heterocycles. The van der Waals surface area contributed by atoms with Gasteiger partial charge in [-0.05, 0) is 6.92 Å². The molecule has 0 saturated heterocycles. The number of alkyl halides is 1. The lowest BCUT2D eigenvalue weighted by Gasteiger charge is -2.02. The van der Waals surface area contributed by atoms with Crippen molar-refractivity contribution < 1.29 is 14.3 Å². The second-order valence-corrected chi connectivity index (χ2v) is 2.48. The number of halogens is 1. The first kappa shape index (κ1) is 8.70. The maximum absolute atomic E-state index is 12.7. The van der Waals surface area contributed by atoms with E-state index in [1.165, 1.54) is 18.5 Å². The summed E-state index contributed by atoms with van der Waals surface area (Å²) < 4.78 is 13.9. The van der Waals surface area contributed by atoms with E-state index >= 15 is 0 Å². The number of nitrogens with zero attached hydrogens (tertiary/aromatic N) is 2. The number of hydrogen-bond donors (Lipinski definition) is 1. The van der Waals surface area contributed by atoms with E-state index in [9.17, 15) is 9.18 Å². The number of aromatic carboxylic acids is 1. The summed E-state index contributed by atoms with van der Waals surface area (Å²) in [5.41, 5.74) is -0.00509. The average Bonchev–Trinajstić information content (AvgIpc) is 2.30. The molecule has 0 aliphatic carbocycles. The Morgan fingerprint density at radius 2 is 2.42 bits per heavy atom. The third-order valence-corrected chi connectivity index (χ3v) is 1.60. The minimum Gasteiger partial charge on any atom is -0.477 e. The Morgan fingerprint density at radius 3 is 2.67 bits per heavy atom. The quantitative estimate of drug-likeness (QED) is 0.727. The number of aromatic nitrogens is 2. The van der Waals surface area contributed by atoms with Gasteiger partial charge in [0.1, 0.15) is 11.5 Å². The monoisotopic (exact) mass is 172 g/mol. The smallest absolute Gasteiger partial charge is 0.354 e. The molecule has 1 unspecified atom stereocenters. The average molecular weight is 172 g/mol. The van der Waals surface area contributed by atoms with Crippen molar-refractivity contribution in [2.75, 3.05) is 0 Å². The molecule has 66 valence electrons. The molecule has 4 nitrogen and oxygen atoms in total. The number of carboxylic acid groups (broad SMARTS) is 1. The van der Waals surface area contributed by atoms with Crippen molar-refractivity contribution in [3.05, 3.63) is 17.7 Å². The van der Waals surface area contributed by atoms with Crippen molar-refractivity contribution in [2.45, 2.75) is 13.1 Å². The molecule has 5 heteroatoms. The lowest BCUT2D eigenvalue weighted by Crippen LogP contribution is -2.07. The summed E-state index contributed by atoms with van der Waals surface area (Å²) in [5.74, 6) is -0.968. The van der Waals surface area contributed by atoms with E-state index in [0.29, 0.717) is 0 Å². The van der Waals surface area contributed by atoms with Gasteiger partial charge in [-0.3, -0.25) is 0 Å². The first-order chi connectivity index (χ1) is 5.54. The van der Waals surface area contributed by atoms with Crippen molar-refractivity contribution in [3.8, 4) is 0 Å². The highest BCUT2D eigenvalue weighted by molar-refractivity contribution is 5.85. The highest BCUT2D eigenvalue weighted by Crippen LogP contribution is 2.15. The van der Waals surface area contributed by atoms with E-state index in [1.807, 2.05) is 0 Å². The van der Waals surface area contributed by atoms with Gasteiger partial charge in [-0.2, -0.15) is 0 Å². The van der Waals surface area contributed by atoms with Gasteiger partial charge in [0.25, 0.3) is 0 Å². The summed E-state index contributed by atoms with van der Waals surface area (Å²) in [6, 6.07) is 0. The number of hydrogen-bond acceptors (Lipinski definition) is 2. The third kappa shape index (κ3) is 1.30. The molecule has 0 aromatic carbocycles. The Balaban J connectivity index is 3.13. The van der Waals surface area contributed by atoms with E-state index in [4.69, 9.17) is 5.11 Å². The molecule has 0 spiro atoms. The first-order valence-corrected chi connectivity index (χ1v) is 3.43. The van der Waals surface area contributed by atoms with Crippen molar-refractivity contribution in [1.82, 2.24) is 9.55 Å². The molecule has 0 fully saturated rings. The molecule has 12 heavy (non-hydrogen) atoms. The number of carbonyl (C=O) groups is 1. The van der Waals surface area contributed by atoms with Gasteiger partial charge >= 0.3 is 5.97 Å². The minimum absolute atomic E-state index is 0.00509. The molecule has 0 radical (unpaired) electrons. The fourth-order valence-corrected chi connectivity index (χ4v) is 0.992. The molecule has 1 atom stereocenters. The van der Waals surface area contributed by atoms with Crippen LogP contribution in [0, 0.1) is 0 Å². The molecular formula is C7H9FN2O2. The zero-order valence-corrected chi connectivity index (χ0v) is 6.78. The fraction of sp³-hybridized carbons (Fsp3) is 0.429. The summed E-state index contributed by atoms with van der Waals surface area (Å²) in [6.45, 7) is 1.31. The Labute approximate surface area is 68.7 Å². The summed E-state index contributed by atoms with van der Waals surface area (Å²) in [4.78, 5) is 14.1. The van der Waals surface area contributed by atoms with Crippen molar-refractivity contribution in [3.63, 3.8) is 0 Å². The molecule has 0 amide bonds. The second-order valence-electron chi connectivity index (χ2n) is 2.48. The van der Waals surface area contributed by atoms with Crippen LogP contribution < -0.4 is 0 Å². The summed E-state index contributed by atoms with van der Waals surface area (Å²) in [5, 5.41) is 8.58. The third-order valence-electron chi connectivity index (χ3n) is 1.60. The molecule has 1 rings (SSSR count). The summed E-state index contributed by atoms with van der Waals surface area (Å²) in [6.07, 6.45) is -0.101. The number of imidazole rings is 1. The van der Waals surface area contributed by atoms with Gasteiger partial charge in [0.05, 0.1) is 6.20 Å². The Bertz CT molecular complexity index is 306. The van der Waals surface area contributed by atoms with Gasteiger partial charge in [-0.15, -0.1) is 0 Å². The molecule has 0 bridgehead atoms. The topological polar surface area (TPSA) is 55.1 Å². The predicted octanol–water partition coefficient (Wildman–Crippen LogP) is 1.15. The lowest BCUT2D eigenvalue weighted by molar-refractivity contribution is 0.0686. The SMILES string of the molecule is CC(F)c1ncc(C(=O)O)n1C.